The number of halogens is 2. The van der Waals surface area contributed by atoms with Crippen LogP contribution in [-0.4, -0.2) is 10.8 Å². The minimum atomic E-state index is -0.495. The van der Waals surface area contributed by atoms with Gasteiger partial charge in [-0.1, -0.05) is 29.3 Å². The van der Waals surface area contributed by atoms with Gasteiger partial charge in [-0.3, -0.25) is 14.9 Å². The lowest BCUT2D eigenvalue weighted by Gasteiger charge is -2.08. The van der Waals surface area contributed by atoms with Gasteiger partial charge < -0.3 is 5.32 Å². The van der Waals surface area contributed by atoms with Crippen LogP contribution in [-0.2, 0) is 0 Å². The van der Waals surface area contributed by atoms with Crippen LogP contribution in [0.1, 0.15) is 15.9 Å². The van der Waals surface area contributed by atoms with Crippen molar-refractivity contribution in [2.45, 2.75) is 6.92 Å². The maximum absolute atomic E-state index is 12.1. The molecule has 1 amide bonds. The standard InChI is InChI=1S/C14H10Cl2N2O3/c1-8-7-9(5-6-12(8)18(20)21)14(19)17-11-4-2-3-10(15)13(11)16/h2-7H,1H3,(H,17,19). The van der Waals surface area contributed by atoms with Crippen molar-refractivity contribution in [3.05, 3.63) is 67.7 Å². The van der Waals surface area contributed by atoms with Crippen LogP contribution in [0.4, 0.5) is 11.4 Å². The number of nitro benzene ring substituents is 1. The summed E-state index contributed by atoms with van der Waals surface area (Å²) in [6.07, 6.45) is 0. The van der Waals surface area contributed by atoms with Crippen molar-refractivity contribution in [1.82, 2.24) is 0 Å². The number of rotatable bonds is 3. The summed E-state index contributed by atoms with van der Waals surface area (Å²) in [7, 11) is 0. The quantitative estimate of drug-likeness (QED) is 0.669. The number of nitrogens with one attached hydrogen (secondary N) is 1. The van der Waals surface area contributed by atoms with Gasteiger partial charge in [0.25, 0.3) is 11.6 Å². The Morgan fingerprint density at radius 1 is 1.24 bits per heavy atom. The number of amides is 1. The van der Waals surface area contributed by atoms with Gasteiger partial charge in [-0.2, -0.15) is 0 Å². The normalized spacial score (nSPS) is 10.2. The van der Waals surface area contributed by atoms with Gasteiger partial charge in [0.05, 0.1) is 20.7 Å². The fourth-order valence-corrected chi connectivity index (χ4v) is 2.14. The molecule has 0 heterocycles. The first-order chi connectivity index (χ1) is 9.90. The van der Waals surface area contributed by atoms with Crippen LogP contribution in [0, 0.1) is 17.0 Å². The maximum Gasteiger partial charge on any atom is 0.272 e. The molecule has 0 aliphatic heterocycles. The van der Waals surface area contributed by atoms with Gasteiger partial charge in [-0.25, -0.2) is 0 Å². The average Bonchev–Trinajstić information content (AvgIpc) is 2.43. The third-order valence-electron chi connectivity index (χ3n) is 2.86. The number of aryl methyl sites for hydroxylation is 1. The van der Waals surface area contributed by atoms with Gasteiger partial charge in [0.2, 0.25) is 0 Å². The largest absolute Gasteiger partial charge is 0.321 e. The molecule has 0 spiro atoms. The minimum Gasteiger partial charge on any atom is -0.321 e. The molecule has 0 fully saturated rings. The third kappa shape index (κ3) is 3.32. The number of hydrogen-bond donors (Lipinski definition) is 1. The third-order valence-corrected chi connectivity index (χ3v) is 3.67. The first kappa shape index (κ1) is 15.3. The second-order valence-corrected chi connectivity index (χ2v) is 5.10. The zero-order valence-electron chi connectivity index (χ0n) is 10.9. The molecule has 0 aliphatic carbocycles. The van der Waals surface area contributed by atoms with E-state index in [4.69, 9.17) is 23.2 Å². The maximum atomic E-state index is 12.1. The molecular weight excluding hydrogens is 315 g/mol. The van der Waals surface area contributed by atoms with Crippen molar-refractivity contribution in [3.63, 3.8) is 0 Å². The van der Waals surface area contributed by atoms with Gasteiger partial charge in [-0.05, 0) is 31.2 Å². The molecule has 0 saturated carbocycles. The smallest absolute Gasteiger partial charge is 0.272 e. The Morgan fingerprint density at radius 2 is 1.95 bits per heavy atom. The lowest BCUT2D eigenvalue weighted by molar-refractivity contribution is -0.385. The fraction of sp³-hybridized carbons (Fsp3) is 0.0714. The molecule has 0 unspecified atom stereocenters. The highest BCUT2D eigenvalue weighted by Crippen LogP contribution is 2.30. The van der Waals surface area contributed by atoms with Crippen LogP contribution < -0.4 is 5.32 Å². The summed E-state index contributed by atoms with van der Waals surface area (Å²) in [4.78, 5) is 22.4. The average molecular weight is 325 g/mol. The molecule has 0 radical (unpaired) electrons. The minimum absolute atomic E-state index is 0.0349. The summed E-state index contributed by atoms with van der Waals surface area (Å²) in [5.41, 5.74) is 1.05. The molecule has 108 valence electrons. The van der Waals surface area contributed by atoms with E-state index in [1.165, 1.54) is 18.2 Å². The van der Waals surface area contributed by atoms with E-state index >= 15 is 0 Å². The molecule has 2 aromatic carbocycles. The summed E-state index contributed by atoms with van der Waals surface area (Å²) < 4.78 is 0. The number of nitro groups is 1. The summed E-state index contributed by atoms with van der Waals surface area (Å²) >= 11 is 11.9. The van der Waals surface area contributed by atoms with Gasteiger partial charge in [0.1, 0.15) is 0 Å². The summed E-state index contributed by atoms with van der Waals surface area (Å²) in [5, 5.41) is 13.9. The van der Waals surface area contributed by atoms with E-state index in [1.54, 1.807) is 25.1 Å². The molecule has 0 aromatic heterocycles. The molecule has 0 aliphatic rings. The van der Waals surface area contributed by atoms with Gasteiger partial charge in [-0.15, -0.1) is 0 Å². The zero-order valence-corrected chi connectivity index (χ0v) is 12.4. The van der Waals surface area contributed by atoms with Gasteiger partial charge in [0.15, 0.2) is 0 Å². The van der Waals surface area contributed by atoms with E-state index in [9.17, 15) is 14.9 Å². The van der Waals surface area contributed by atoms with Gasteiger partial charge >= 0.3 is 0 Å². The summed E-state index contributed by atoms with van der Waals surface area (Å²) in [5.74, 6) is -0.419. The highest BCUT2D eigenvalue weighted by atomic mass is 35.5. The van der Waals surface area contributed by atoms with E-state index in [0.717, 1.165) is 0 Å². The second kappa shape index (κ2) is 6.11. The predicted octanol–water partition coefficient (Wildman–Crippen LogP) is 4.46. The van der Waals surface area contributed by atoms with E-state index in [1.807, 2.05) is 0 Å². The van der Waals surface area contributed by atoms with Crippen molar-refractivity contribution >= 4 is 40.5 Å². The Balaban J connectivity index is 2.27. The van der Waals surface area contributed by atoms with E-state index in [-0.39, 0.29) is 10.7 Å². The molecule has 2 aromatic rings. The molecule has 5 nitrogen and oxygen atoms in total. The van der Waals surface area contributed by atoms with E-state index in [2.05, 4.69) is 5.32 Å². The SMILES string of the molecule is Cc1cc(C(=O)Nc2cccc(Cl)c2Cl)ccc1[N+](=O)[O-]. The number of carbonyl (C=O) groups is 1. The second-order valence-electron chi connectivity index (χ2n) is 4.31. The van der Waals surface area contributed by atoms with Crippen molar-refractivity contribution < 1.29 is 9.72 Å². The fourth-order valence-electron chi connectivity index (χ4n) is 1.80. The predicted molar refractivity (Wildman–Crippen MR) is 82.2 cm³/mol. The lowest BCUT2D eigenvalue weighted by atomic mass is 10.1. The topological polar surface area (TPSA) is 72.2 Å². The zero-order chi connectivity index (χ0) is 15.6. The Morgan fingerprint density at radius 3 is 2.57 bits per heavy atom. The molecule has 0 atom stereocenters. The van der Waals surface area contributed by atoms with Crippen molar-refractivity contribution in [2.24, 2.45) is 0 Å². The Kier molecular flexibility index (Phi) is 4.45. The van der Waals surface area contributed by atoms with Crippen molar-refractivity contribution in [1.29, 1.82) is 0 Å². The number of hydrogen-bond acceptors (Lipinski definition) is 3. The van der Waals surface area contributed by atoms with E-state index in [0.29, 0.717) is 21.8 Å². The van der Waals surface area contributed by atoms with E-state index < -0.39 is 10.8 Å². The molecule has 21 heavy (non-hydrogen) atoms. The number of anilines is 1. The van der Waals surface area contributed by atoms with Crippen LogP contribution >= 0.6 is 23.2 Å². The first-order valence-electron chi connectivity index (χ1n) is 5.90. The molecular formula is C14H10Cl2N2O3. The molecule has 2 rings (SSSR count). The Labute approximate surface area is 130 Å². The Bertz CT molecular complexity index is 732. The monoisotopic (exact) mass is 324 g/mol. The molecule has 1 N–H and O–H groups in total. The van der Waals surface area contributed by atoms with Crippen LogP contribution in [0.2, 0.25) is 10.0 Å². The van der Waals surface area contributed by atoms with Crippen LogP contribution in [0.15, 0.2) is 36.4 Å². The summed E-state index contributed by atoms with van der Waals surface area (Å²) in [6, 6.07) is 9.01. The lowest BCUT2D eigenvalue weighted by Crippen LogP contribution is -2.12. The summed E-state index contributed by atoms with van der Waals surface area (Å²) in [6.45, 7) is 1.57. The highest BCUT2D eigenvalue weighted by Gasteiger charge is 2.15. The highest BCUT2D eigenvalue weighted by molar-refractivity contribution is 6.44. The van der Waals surface area contributed by atoms with Crippen LogP contribution in [0.5, 0.6) is 0 Å². The molecule has 0 bridgehead atoms. The Hall–Kier alpha value is -2.11. The molecule has 0 saturated heterocycles. The van der Waals surface area contributed by atoms with Gasteiger partial charge in [0, 0.05) is 17.2 Å². The number of carbonyl (C=O) groups excluding carboxylic acids is 1. The first-order valence-corrected chi connectivity index (χ1v) is 6.66. The van der Waals surface area contributed by atoms with Crippen LogP contribution in [0.3, 0.4) is 0 Å². The number of benzene rings is 2. The van der Waals surface area contributed by atoms with Crippen molar-refractivity contribution in [3.8, 4) is 0 Å². The van der Waals surface area contributed by atoms with Crippen molar-refractivity contribution in [2.75, 3.05) is 5.32 Å². The number of nitrogens with zero attached hydrogens (tertiary/aromatic N) is 1. The van der Waals surface area contributed by atoms with Crippen LogP contribution in [0.25, 0.3) is 0 Å². The molecule has 7 heteroatoms.